The Labute approximate surface area is 141 Å². The van der Waals surface area contributed by atoms with Crippen LogP contribution in [0.25, 0.3) is 11.4 Å². The van der Waals surface area contributed by atoms with Gasteiger partial charge in [-0.15, -0.1) is 30.6 Å². The monoisotopic (exact) mass is 398 g/mol. The van der Waals surface area contributed by atoms with Crippen molar-refractivity contribution >= 4 is 29.9 Å². The van der Waals surface area contributed by atoms with E-state index in [9.17, 15) is 0 Å². The summed E-state index contributed by atoms with van der Waals surface area (Å²) in [7, 11) is 1.74. The Bertz CT molecular complexity index is 579. The maximum absolute atomic E-state index is 4.15. The Balaban J connectivity index is 0.00000220. The molecule has 2 rings (SSSR count). The minimum Gasteiger partial charge on any atom is -0.353 e. The van der Waals surface area contributed by atoms with E-state index < -0.39 is 0 Å². The normalized spacial score (nSPS) is 10.6. The van der Waals surface area contributed by atoms with Gasteiger partial charge in [-0.3, -0.25) is 10.1 Å². The fourth-order valence-electron chi connectivity index (χ4n) is 1.75. The maximum Gasteiger partial charge on any atom is 0.191 e. The Morgan fingerprint density at radius 2 is 2.29 bits per heavy atom. The van der Waals surface area contributed by atoms with Crippen molar-refractivity contribution in [2.24, 2.45) is 4.99 Å². The van der Waals surface area contributed by atoms with Crippen molar-refractivity contribution in [3.05, 3.63) is 48.8 Å². The fraction of sp³-hybridized carbons (Fsp3) is 0.214. The van der Waals surface area contributed by atoms with E-state index in [1.165, 1.54) is 6.33 Å². The minimum absolute atomic E-state index is 0. The number of rotatable bonds is 5. The van der Waals surface area contributed by atoms with Crippen molar-refractivity contribution in [3.63, 3.8) is 0 Å². The Morgan fingerprint density at radius 3 is 2.95 bits per heavy atom. The van der Waals surface area contributed by atoms with Crippen molar-refractivity contribution in [2.45, 2.75) is 6.54 Å². The quantitative estimate of drug-likeness (QED) is 0.311. The molecule has 0 aliphatic heterocycles. The summed E-state index contributed by atoms with van der Waals surface area (Å²) >= 11 is 0. The average Bonchev–Trinajstić information content (AvgIpc) is 3.02. The highest BCUT2D eigenvalue weighted by Gasteiger charge is 2.02. The molecular weight excluding hydrogens is 379 g/mol. The molecular formula is C14H19IN6. The molecule has 1 aromatic heterocycles. The zero-order valence-corrected chi connectivity index (χ0v) is 14.2. The summed E-state index contributed by atoms with van der Waals surface area (Å²) < 4.78 is 0. The maximum atomic E-state index is 4.15. The number of hydrogen-bond acceptors (Lipinski definition) is 3. The lowest BCUT2D eigenvalue weighted by Gasteiger charge is -2.10. The van der Waals surface area contributed by atoms with Gasteiger partial charge >= 0.3 is 0 Å². The first kappa shape index (κ1) is 17.2. The molecule has 0 unspecified atom stereocenters. The van der Waals surface area contributed by atoms with E-state index >= 15 is 0 Å². The van der Waals surface area contributed by atoms with Crippen molar-refractivity contribution in [3.8, 4) is 11.4 Å². The van der Waals surface area contributed by atoms with Crippen LogP contribution in [0.1, 0.15) is 5.56 Å². The molecule has 0 spiro atoms. The highest BCUT2D eigenvalue weighted by atomic mass is 127. The molecule has 6 nitrogen and oxygen atoms in total. The van der Waals surface area contributed by atoms with E-state index in [1.54, 1.807) is 13.1 Å². The Kier molecular flexibility index (Phi) is 7.44. The number of benzene rings is 1. The molecule has 21 heavy (non-hydrogen) atoms. The van der Waals surface area contributed by atoms with Gasteiger partial charge in [0.25, 0.3) is 0 Å². The van der Waals surface area contributed by atoms with E-state index in [1.807, 2.05) is 18.2 Å². The Morgan fingerprint density at radius 1 is 1.43 bits per heavy atom. The number of nitrogens with one attached hydrogen (secondary N) is 3. The van der Waals surface area contributed by atoms with Crippen molar-refractivity contribution in [1.29, 1.82) is 0 Å². The molecule has 112 valence electrons. The van der Waals surface area contributed by atoms with Gasteiger partial charge in [0.1, 0.15) is 6.33 Å². The van der Waals surface area contributed by atoms with E-state index in [0.29, 0.717) is 13.1 Å². The molecule has 0 amide bonds. The molecule has 1 aromatic carbocycles. The van der Waals surface area contributed by atoms with E-state index in [4.69, 9.17) is 0 Å². The zero-order valence-electron chi connectivity index (χ0n) is 11.8. The third-order valence-corrected chi connectivity index (χ3v) is 2.71. The molecule has 1 heterocycles. The van der Waals surface area contributed by atoms with Crippen LogP contribution in [0.2, 0.25) is 0 Å². The van der Waals surface area contributed by atoms with Crippen LogP contribution in [0.5, 0.6) is 0 Å². The molecule has 0 aliphatic carbocycles. The summed E-state index contributed by atoms with van der Waals surface area (Å²) in [5, 5.41) is 13.1. The minimum atomic E-state index is 0. The van der Waals surface area contributed by atoms with Crippen molar-refractivity contribution < 1.29 is 0 Å². The van der Waals surface area contributed by atoms with Crippen LogP contribution in [0.3, 0.4) is 0 Å². The predicted octanol–water partition coefficient (Wildman–Crippen LogP) is 1.94. The van der Waals surface area contributed by atoms with Crippen LogP contribution >= 0.6 is 24.0 Å². The first-order valence-electron chi connectivity index (χ1n) is 6.33. The summed E-state index contributed by atoms with van der Waals surface area (Å²) in [5.41, 5.74) is 2.15. The van der Waals surface area contributed by atoms with Crippen LogP contribution in [0, 0.1) is 0 Å². The number of guanidine groups is 1. The van der Waals surface area contributed by atoms with Crippen LogP contribution in [-0.4, -0.2) is 34.7 Å². The number of aliphatic imine (C=N–C) groups is 1. The smallest absolute Gasteiger partial charge is 0.191 e. The molecule has 0 saturated heterocycles. The standard InChI is InChI=1S/C14H18N6.HI/c1-3-7-16-14(15-2)17-9-11-5-4-6-12(8-11)13-18-10-19-20-13;/h3-6,8,10H,1,7,9H2,2H3,(H2,15,16,17)(H,18,19,20);1H. The van der Waals surface area contributed by atoms with Crippen molar-refractivity contribution in [2.75, 3.05) is 13.6 Å². The average molecular weight is 398 g/mol. The van der Waals surface area contributed by atoms with E-state index in [0.717, 1.165) is 22.9 Å². The summed E-state index contributed by atoms with van der Waals surface area (Å²) in [5.74, 6) is 1.51. The number of H-pyrrole nitrogens is 1. The number of hydrogen-bond donors (Lipinski definition) is 3. The van der Waals surface area contributed by atoms with Gasteiger partial charge in [-0.25, -0.2) is 4.98 Å². The molecule has 0 atom stereocenters. The number of nitrogens with zero attached hydrogens (tertiary/aromatic N) is 3. The molecule has 0 radical (unpaired) electrons. The second-order valence-electron chi connectivity index (χ2n) is 4.13. The molecule has 3 N–H and O–H groups in total. The zero-order chi connectivity index (χ0) is 14.2. The van der Waals surface area contributed by atoms with Crippen LogP contribution in [0.4, 0.5) is 0 Å². The number of aromatic nitrogens is 3. The summed E-state index contributed by atoms with van der Waals surface area (Å²) in [4.78, 5) is 8.28. The lowest BCUT2D eigenvalue weighted by molar-refractivity contribution is 0.847. The lowest BCUT2D eigenvalue weighted by Crippen LogP contribution is -2.36. The second kappa shape index (κ2) is 9.11. The summed E-state index contributed by atoms with van der Waals surface area (Å²) in [6.45, 7) is 5.02. The lowest BCUT2D eigenvalue weighted by atomic mass is 10.1. The summed E-state index contributed by atoms with van der Waals surface area (Å²) in [6, 6.07) is 8.10. The highest BCUT2D eigenvalue weighted by Crippen LogP contribution is 2.15. The third kappa shape index (κ3) is 5.18. The van der Waals surface area contributed by atoms with Crippen LogP contribution < -0.4 is 10.6 Å². The topological polar surface area (TPSA) is 78.0 Å². The first-order valence-corrected chi connectivity index (χ1v) is 6.33. The van der Waals surface area contributed by atoms with Gasteiger partial charge in [0.05, 0.1) is 0 Å². The second-order valence-corrected chi connectivity index (χ2v) is 4.13. The molecule has 0 fully saturated rings. The van der Waals surface area contributed by atoms with Gasteiger partial charge in [0, 0.05) is 25.7 Å². The molecule has 2 aromatic rings. The largest absolute Gasteiger partial charge is 0.353 e. The van der Waals surface area contributed by atoms with Crippen LogP contribution in [-0.2, 0) is 6.54 Å². The first-order chi connectivity index (χ1) is 9.83. The molecule has 0 bridgehead atoms. The van der Waals surface area contributed by atoms with Crippen LogP contribution in [0.15, 0.2) is 48.2 Å². The van der Waals surface area contributed by atoms with Gasteiger partial charge in [-0.2, -0.15) is 5.10 Å². The summed E-state index contributed by atoms with van der Waals surface area (Å²) in [6.07, 6.45) is 3.29. The van der Waals surface area contributed by atoms with Gasteiger partial charge < -0.3 is 10.6 Å². The molecule has 0 aliphatic rings. The predicted molar refractivity (Wildman–Crippen MR) is 95.6 cm³/mol. The molecule has 7 heteroatoms. The van der Waals surface area contributed by atoms with Gasteiger partial charge in [-0.05, 0) is 11.6 Å². The van der Waals surface area contributed by atoms with Crippen molar-refractivity contribution in [1.82, 2.24) is 25.8 Å². The fourth-order valence-corrected chi connectivity index (χ4v) is 1.75. The van der Waals surface area contributed by atoms with Gasteiger partial charge in [-0.1, -0.05) is 24.3 Å². The number of aromatic amines is 1. The third-order valence-electron chi connectivity index (χ3n) is 2.71. The number of halogens is 1. The van der Waals surface area contributed by atoms with Gasteiger partial charge in [0.2, 0.25) is 0 Å². The van der Waals surface area contributed by atoms with Gasteiger partial charge in [0.15, 0.2) is 11.8 Å². The van der Waals surface area contributed by atoms with E-state index in [-0.39, 0.29) is 24.0 Å². The highest BCUT2D eigenvalue weighted by molar-refractivity contribution is 14.0. The SMILES string of the molecule is C=CCNC(=NC)NCc1cccc(-c2ncn[nH]2)c1.I. The molecule has 0 saturated carbocycles. The van der Waals surface area contributed by atoms with E-state index in [2.05, 4.69) is 43.5 Å². The Hall–Kier alpha value is -1.90.